The van der Waals surface area contributed by atoms with E-state index in [4.69, 9.17) is 28.6 Å². The lowest BCUT2D eigenvalue weighted by molar-refractivity contribution is -0.140. The lowest BCUT2D eigenvalue weighted by atomic mass is 10.3. The van der Waals surface area contributed by atoms with E-state index in [9.17, 15) is 9.59 Å². The number of methoxy groups -OCH3 is 1. The Labute approximate surface area is 144 Å². The normalized spacial score (nSPS) is 9.65. The average molecular weight is 360 g/mol. The third-order valence-electron chi connectivity index (χ3n) is 2.57. The van der Waals surface area contributed by atoms with Crippen LogP contribution in [0.2, 0.25) is 5.02 Å². The number of nitrogens with one attached hydrogen (secondary N) is 3. The summed E-state index contributed by atoms with van der Waals surface area (Å²) in [5.41, 5.74) is 4.92. The highest BCUT2D eigenvalue weighted by Crippen LogP contribution is 2.15. The molecule has 0 aliphatic carbocycles. The van der Waals surface area contributed by atoms with Crippen molar-refractivity contribution in [1.82, 2.24) is 16.2 Å². The Bertz CT molecular complexity index is 539. The van der Waals surface area contributed by atoms with E-state index in [1.54, 1.807) is 24.3 Å². The summed E-state index contributed by atoms with van der Waals surface area (Å²) in [5.74, 6) is -0.134. The quantitative estimate of drug-likeness (QED) is 0.291. The van der Waals surface area contributed by atoms with Gasteiger partial charge in [-0.1, -0.05) is 11.6 Å². The fourth-order valence-electron chi connectivity index (χ4n) is 1.42. The standard InChI is InChI=1S/C14H18ClN3O4S/c1-21-13(20)3-2-8-16-14(23)18-17-12(19)9-22-11-6-4-10(15)5-7-11/h4-7H,2-3,8-9H2,1H3,(H,17,19)(H2,16,18,23). The number of hydrazine groups is 1. The molecule has 1 aromatic rings. The molecule has 1 aromatic carbocycles. The Morgan fingerprint density at radius 2 is 1.91 bits per heavy atom. The minimum atomic E-state index is -0.390. The van der Waals surface area contributed by atoms with Crippen LogP contribution in [0.15, 0.2) is 24.3 Å². The zero-order valence-electron chi connectivity index (χ0n) is 12.6. The minimum Gasteiger partial charge on any atom is -0.484 e. The van der Waals surface area contributed by atoms with Gasteiger partial charge in [0.15, 0.2) is 11.7 Å². The van der Waals surface area contributed by atoms with Crippen LogP contribution in [0, 0.1) is 0 Å². The predicted molar refractivity (Wildman–Crippen MR) is 90.1 cm³/mol. The van der Waals surface area contributed by atoms with E-state index < -0.39 is 5.91 Å². The largest absolute Gasteiger partial charge is 0.484 e. The SMILES string of the molecule is COC(=O)CCCNC(=S)NNC(=O)COc1ccc(Cl)cc1. The number of amides is 1. The van der Waals surface area contributed by atoms with E-state index >= 15 is 0 Å². The van der Waals surface area contributed by atoms with Gasteiger partial charge in [-0.2, -0.15) is 0 Å². The Morgan fingerprint density at radius 3 is 2.57 bits per heavy atom. The molecule has 0 saturated carbocycles. The molecule has 7 nitrogen and oxygen atoms in total. The number of halogens is 1. The number of ether oxygens (including phenoxy) is 2. The minimum absolute atomic E-state index is 0.167. The molecule has 0 spiro atoms. The van der Waals surface area contributed by atoms with E-state index in [0.717, 1.165) is 0 Å². The van der Waals surface area contributed by atoms with Crippen LogP contribution in [0.5, 0.6) is 5.75 Å². The smallest absolute Gasteiger partial charge is 0.305 e. The topological polar surface area (TPSA) is 88.7 Å². The Kier molecular flexibility index (Phi) is 8.78. The number of benzene rings is 1. The maximum atomic E-state index is 11.6. The van der Waals surface area contributed by atoms with Crippen molar-refractivity contribution >= 4 is 40.8 Å². The summed E-state index contributed by atoms with van der Waals surface area (Å²) in [6, 6.07) is 6.66. The lowest BCUT2D eigenvalue weighted by Gasteiger charge is -2.12. The summed E-state index contributed by atoms with van der Waals surface area (Å²) in [6.07, 6.45) is 0.871. The summed E-state index contributed by atoms with van der Waals surface area (Å²) in [7, 11) is 1.34. The average Bonchev–Trinajstić information content (AvgIpc) is 2.56. The summed E-state index contributed by atoms with van der Waals surface area (Å²) < 4.78 is 9.78. The van der Waals surface area contributed by atoms with Crippen molar-refractivity contribution in [1.29, 1.82) is 0 Å². The van der Waals surface area contributed by atoms with E-state index in [-0.39, 0.29) is 17.7 Å². The molecule has 1 rings (SSSR count). The Morgan fingerprint density at radius 1 is 1.22 bits per heavy atom. The number of rotatable bonds is 7. The zero-order valence-corrected chi connectivity index (χ0v) is 14.1. The van der Waals surface area contributed by atoms with E-state index in [1.165, 1.54) is 7.11 Å². The van der Waals surface area contributed by atoms with Gasteiger partial charge < -0.3 is 14.8 Å². The van der Waals surface area contributed by atoms with Crippen molar-refractivity contribution in [2.75, 3.05) is 20.3 Å². The molecule has 0 aromatic heterocycles. The van der Waals surface area contributed by atoms with Crippen molar-refractivity contribution < 1.29 is 19.1 Å². The molecule has 0 unspecified atom stereocenters. The highest BCUT2D eigenvalue weighted by atomic mass is 35.5. The molecule has 9 heteroatoms. The van der Waals surface area contributed by atoms with Crippen LogP contribution in [0.4, 0.5) is 0 Å². The molecule has 0 saturated heterocycles. The second-order valence-corrected chi connectivity index (χ2v) is 5.20. The molecule has 0 fully saturated rings. The monoisotopic (exact) mass is 359 g/mol. The molecule has 0 heterocycles. The summed E-state index contributed by atoms with van der Waals surface area (Å²) in [5, 5.41) is 3.67. The maximum Gasteiger partial charge on any atom is 0.305 e. The van der Waals surface area contributed by atoms with Gasteiger partial charge >= 0.3 is 5.97 Å². The van der Waals surface area contributed by atoms with Crippen molar-refractivity contribution in [3.8, 4) is 5.75 Å². The summed E-state index contributed by atoms with van der Waals surface area (Å²) >= 11 is 10.7. The van der Waals surface area contributed by atoms with E-state index in [1.807, 2.05) is 0 Å². The van der Waals surface area contributed by atoms with Crippen molar-refractivity contribution in [2.45, 2.75) is 12.8 Å². The summed E-state index contributed by atoms with van der Waals surface area (Å²) in [6.45, 7) is 0.317. The zero-order chi connectivity index (χ0) is 17.1. The Hall–Kier alpha value is -2.06. The molecule has 23 heavy (non-hydrogen) atoms. The highest BCUT2D eigenvalue weighted by Gasteiger charge is 2.04. The number of hydrogen-bond acceptors (Lipinski definition) is 5. The highest BCUT2D eigenvalue weighted by molar-refractivity contribution is 7.80. The van der Waals surface area contributed by atoms with Crippen LogP contribution in [0.3, 0.4) is 0 Å². The molecule has 1 amide bonds. The van der Waals surface area contributed by atoms with Gasteiger partial charge in [-0.15, -0.1) is 0 Å². The fraction of sp³-hybridized carbons (Fsp3) is 0.357. The van der Waals surface area contributed by atoms with Gasteiger partial charge in [0.05, 0.1) is 7.11 Å². The van der Waals surface area contributed by atoms with Gasteiger partial charge in [0, 0.05) is 18.0 Å². The van der Waals surface area contributed by atoms with Crippen LogP contribution in [-0.4, -0.2) is 37.3 Å². The first-order chi connectivity index (χ1) is 11.0. The number of thiocarbonyl (C=S) groups is 1. The predicted octanol–water partition coefficient (Wildman–Crippen LogP) is 1.17. The maximum absolute atomic E-state index is 11.6. The molecular formula is C14H18ClN3O4S. The number of hydrogen-bond donors (Lipinski definition) is 3. The van der Waals surface area contributed by atoms with Crippen LogP contribution >= 0.6 is 23.8 Å². The first kappa shape index (κ1) is 19.0. The first-order valence-electron chi connectivity index (χ1n) is 6.79. The number of carbonyl (C=O) groups excluding carboxylic acids is 2. The lowest BCUT2D eigenvalue weighted by Crippen LogP contribution is -2.48. The van der Waals surface area contributed by atoms with Gasteiger partial charge in [0.2, 0.25) is 0 Å². The van der Waals surface area contributed by atoms with Crippen molar-refractivity contribution in [3.05, 3.63) is 29.3 Å². The number of carbonyl (C=O) groups is 2. The van der Waals surface area contributed by atoms with Gasteiger partial charge in [0.25, 0.3) is 5.91 Å². The molecular weight excluding hydrogens is 342 g/mol. The molecule has 0 atom stereocenters. The van der Waals surface area contributed by atoms with Crippen LogP contribution in [0.1, 0.15) is 12.8 Å². The van der Waals surface area contributed by atoms with Crippen LogP contribution < -0.4 is 20.9 Å². The van der Waals surface area contributed by atoms with Crippen LogP contribution in [-0.2, 0) is 14.3 Å². The second-order valence-electron chi connectivity index (χ2n) is 4.35. The third kappa shape index (κ3) is 8.84. The van der Waals surface area contributed by atoms with E-state index in [0.29, 0.717) is 30.2 Å². The van der Waals surface area contributed by atoms with Crippen molar-refractivity contribution in [3.63, 3.8) is 0 Å². The second kappa shape index (κ2) is 10.6. The molecule has 0 bridgehead atoms. The Balaban J connectivity index is 2.11. The molecule has 3 N–H and O–H groups in total. The summed E-state index contributed by atoms with van der Waals surface area (Å²) in [4.78, 5) is 22.5. The van der Waals surface area contributed by atoms with Gasteiger partial charge in [-0.25, -0.2) is 0 Å². The van der Waals surface area contributed by atoms with Gasteiger partial charge in [-0.3, -0.25) is 20.4 Å². The molecule has 0 radical (unpaired) electrons. The van der Waals surface area contributed by atoms with E-state index in [2.05, 4.69) is 20.9 Å². The molecule has 0 aliphatic heterocycles. The number of esters is 1. The van der Waals surface area contributed by atoms with Gasteiger partial charge in [-0.05, 0) is 42.9 Å². The third-order valence-corrected chi connectivity index (χ3v) is 3.07. The molecule has 126 valence electrons. The van der Waals surface area contributed by atoms with Crippen LogP contribution in [0.25, 0.3) is 0 Å². The first-order valence-corrected chi connectivity index (χ1v) is 7.57. The van der Waals surface area contributed by atoms with Gasteiger partial charge in [0.1, 0.15) is 5.75 Å². The fourth-order valence-corrected chi connectivity index (χ4v) is 1.70. The molecule has 0 aliphatic rings. The van der Waals surface area contributed by atoms with Crippen molar-refractivity contribution in [2.24, 2.45) is 0 Å².